The highest BCUT2D eigenvalue weighted by molar-refractivity contribution is 6.39. The molecule has 112 valence electrons. The molecule has 2 N–H and O–H groups in total. The van der Waals surface area contributed by atoms with Crippen molar-refractivity contribution in [2.24, 2.45) is 5.10 Å². The van der Waals surface area contributed by atoms with Crippen LogP contribution in [0.25, 0.3) is 0 Å². The normalized spacial score (nSPS) is 14.0. The topological polar surface area (TPSA) is 89.0 Å². The second-order valence-electron chi connectivity index (χ2n) is 4.45. The fraction of sp³-hybridized carbons (Fsp3) is 0.357. The largest absolute Gasteiger partial charge is 0.497 e. The van der Waals surface area contributed by atoms with Crippen LogP contribution in [0.3, 0.4) is 0 Å². The summed E-state index contributed by atoms with van der Waals surface area (Å²) >= 11 is 0. The van der Waals surface area contributed by atoms with E-state index in [0.717, 1.165) is 5.56 Å². The summed E-state index contributed by atoms with van der Waals surface area (Å²) in [6.07, 6.45) is 0.613. The minimum absolute atomic E-state index is 0.180. The number of rotatable bonds is 5. The number of carbonyl (C=O) groups excluding carboxylic acids is 2. The Morgan fingerprint density at radius 1 is 1.33 bits per heavy atom. The molecular formula is C14H17N3O4. The number of methoxy groups -OCH3 is 2. The second-order valence-corrected chi connectivity index (χ2v) is 4.45. The Morgan fingerprint density at radius 3 is 2.76 bits per heavy atom. The van der Waals surface area contributed by atoms with Crippen LogP contribution in [0.4, 0.5) is 0 Å². The second kappa shape index (κ2) is 6.74. The first kappa shape index (κ1) is 14.8. The van der Waals surface area contributed by atoms with Crippen LogP contribution in [0.15, 0.2) is 23.3 Å². The number of nitrogens with one attached hydrogen (secondary N) is 2. The third kappa shape index (κ3) is 3.71. The predicted molar refractivity (Wildman–Crippen MR) is 76.2 cm³/mol. The molecule has 0 bridgehead atoms. The van der Waals surface area contributed by atoms with Crippen molar-refractivity contribution in [3.05, 3.63) is 23.8 Å². The molecule has 1 aliphatic rings. The van der Waals surface area contributed by atoms with Gasteiger partial charge in [0.15, 0.2) is 0 Å². The van der Waals surface area contributed by atoms with E-state index < -0.39 is 0 Å². The molecule has 0 saturated heterocycles. The average Bonchev–Trinajstić information content (AvgIpc) is 2.52. The van der Waals surface area contributed by atoms with Crippen molar-refractivity contribution in [3.63, 3.8) is 0 Å². The van der Waals surface area contributed by atoms with Gasteiger partial charge in [-0.3, -0.25) is 9.59 Å². The van der Waals surface area contributed by atoms with E-state index in [0.29, 0.717) is 23.6 Å². The molecule has 1 aromatic carbocycles. The predicted octanol–water partition coefficient (Wildman–Crippen LogP) is 0.586. The molecule has 0 aliphatic carbocycles. The van der Waals surface area contributed by atoms with E-state index in [1.54, 1.807) is 32.4 Å². The van der Waals surface area contributed by atoms with E-state index in [4.69, 9.17) is 9.47 Å². The fourth-order valence-electron chi connectivity index (χ4n) is 1.94. The number of nitrogens with zero attached hydrogens (tertiary/aromatic N) is 1. The summed E-state index contributed by atoms with van der Waals surface area (Å²) < 4.78 is 10.4. The van der Waals surface area contributed by atoms with Gasteiger partial charge in [-0.25, -0.2) is 5.43 Å². The third-order valence-electron chi connectivity index (χ3n) is 3.09. The van der Waals surface area contributed by atoms with E-state index in [2.05, 4.69) is 15.8 Å². The summed E-state index contributed by atoms with van der Waals surface area (Å²) in [6, 6.07) is 5.35. The van der Waals surface area contributed by atoms with Gasteiger partial charge in [0.2, 0.25) is 5.91 Å². The van der Waals surface area contributed by atoms with Gasteiger partial charge in [0, 0.05) is 24.9 Å². The molecule has 0 fully saturated rings. The average molecular weight is 291 g/mol. The molecule has 0 spiro atoms. The van der Waals surface area contributed by atoms with Gasteiger partial charge in [-0.2, -0.15) is 5.10 Å². The van der Waals surface area contributed by atoms with E-state index in [-0.39, 0.29) is 24.8 Å². The molecule has 1 aliphatic heterocycles. The smallest absolute Gasteiger partial charge is 0.267 e. The first-order valence-corrected chi connectivity index (χ1v) is 6.48. The standard InChI is InChI=1S/C14H17N3O4/c1-20-10-3-5-12(21-2)9(7-10)8-15-14(19)11-4-6-13(18)17-16-11/h3,5,7H,4,6,8H2,1-2H3,(H,15,19)(H,17,18). The quantitative estimate of drug-likeness (QED) is 0.830. The maximum atomic E-state index is 12.0. The zero-order valence-electron chi connectivity index (χ0n) is 11.9. The molecule has 7 heteroatoms. The molecule has 21 heavy (non-hydrogen) atoms. The molecule has 0 aromatic heterocycles. The Kier molecular flexibility index (Phi) is 4.76. The van der Waals surface area contributed by atoms with Crippen molar-refractivity contribution in [3.8, 4) is 11.5 Å². The van der Waals surface area contributed by atoms with Gasteiger partial charge in [0.25, 0.3) is 5.91 Å². The highest BCUT2D eigenvalue weighted by Crippen LogP contribution is 2.23. The van der Waals surface area contributed by atoms with Crippen LogP contribution in [0, 0.1) is 0 Å². The van der Waals surface area contributed by atoms with Crippen LogP contribution < -0.4 is 20.2 Å². The molecule has 1 aromatic rings. The Hall–Kier alpha value is -2.57. The van der Waals surface area contributed by atoms with E-state index in [9.17, 15) is 9.59 Å². The zero-order chi connectivity index (χ0) is 15.2. The fourth-order valence-corrected chi connectivity index (χ4v) is 1.94. The van der Waals surface area contributed by atoms with Crippen molar-refractivity contribution in [2.75, 3.05) is 14.2 Å². The van der Waals surface area contributed by atoms with Crippen molar-refractivity contribution < 1.29 is 19.1 Å². The molecule has 0 unspecified atom stereocenters. The highest BCUT2D eigenvalue weighted by Gasteiger charge is 2.18. The molecule has 2 rings (SSSR count). The summed E-state index contributed by atoms with van der Waals surface area (Å²) in [4.78, 5) is 23.0. The Morgan fingerprint density at radius 2 is 2.14 bits per heavy atom. The Bertz CT molecular complexity index is 584. The SMILES string of the molecule is COc1ccc(OC)c(CNC(=O)C2=NNC(=O)CC2)c1. The van der Waals surface area contributed by atoms with Gasteiger partial charge < -0.3 is 14.8 Å². The maximum absolute atomic E-state index is 12.0. The third-order valence-corrected chi connectivity index (χ3v) is 3.09. The maximum Gasteiger partial charge on any atom is 0.267 e. The number of benzene rings is 1. The molecule has 2 amide bonds. The molecule has 1 heterocycles. The summed E-state index contributed by atoms with van der Waals surface area (Å²) in [7, 11) is 3.14. The van der Waals surface area contributed by atoms with E-state index in [1.165, 1.54) is 0 Å². The van der Waals surface area contributed by atoms with Gasteiger partial charge in [-0.05, 0) is 18.2 Å². The van der Waals surface area contributed by atoms with E-state index >= 15 is 0 Å². The van der Waals surface area contributed by atoms with Crippen molar-refractivity contribution in [1.82, 2.24) is 10.7 Å². The number of carbonyl (C=O) groups is 2. The molecule has 0 atom stereocenters. The monoisotopic (exact) mass is 291 g/mol. The highest BCUT2D eigenvalue weighted by atomic mass is 16.5. The summed E-state index contributed by atoms with van der Waals surface area (Å²) in [5.74, 6) is 0.859. The zero-order valence-corrected chi connectivity index (χ0v) is 11.9. The van der Waals surface area contributed by atoms with Crippen LogP contribution in [-0.4, -0.2) is 31.7 Å². The molecule has 0 saturated carbocycles. The minimum Gasteiger partial charge on any atom is -0.497 e. The minimum atomic E-state index is -0.306. The number of hydrogen-bond acceptors (Lipinski definition) is 5. The lowest BCUT2D eigenvalue weighted by molar-refractivity contribution is -0.121. The number of hydrazone groups is 1. The van der Waals surface area contributed by atoms with Crippen LogP contribution in [0.1, 0.15) is 18.4 Å². The molecule has 0 radical (unpaired) electrons. The number of hydrogen-bond donors (Lipinski definition) is 2. The van der Waals surface area contributed by atoms with Crippen LogP contribution in [0.2, 0.25) is 0 Å². The summed E-state index contributed by atoms with van der Waals surface area (Å²) in [5.41, 5.74) is 3.41. The molecular weight excluding hydrogens is 274 g/mol. The van der Waals surface area contributed by atoms with Crippen LogP contribution in [0.5, 0.6) is 11.5 Å². The number of ether oxygens (including phenoxy) is 2. The van der Waals surface area contributed by atoms with Crippen molar-refractivity contribution >= 4 is 17.5 Å². The number of amides is 2. The van der Waals surface area contributed by atoms with Crippen LogP contribution >= 0.6 is 0 Å². The summed E-state index contributed by atoms with van der Waals surface area (Å²) in [5, 5.41) is 6.50. The van der Waals surface area contributed by atoms with Gasteiger partial charge in [0.1, 0.15) is 17.2 Å². The van der Waals surface area contributed by atoms with Gasteiger partial charge >= 0.3 is 0 Å². The first-order chi connectivity index (χ1) is 10.1. The lowest BCUT2D eigenvalue weighted by Gasteiger charge is -2.14. The van der Waals surface area contributed by atoms with Gasteiger partial charge in [0.05, 0.1) is 14.2 Å². The van der Waals surface area contributed by atoms with Gasteiger partial charge in [-0.1, -0.05) is 0 Å². The van der Waals surface area contributed by atoms with Crippen LogP contribution in [-0.2, 0) is 16.1 Å². The lowest BCUT2D eigenvalue weighted by Crippen LogP contribution is -2.36. The lowest BCUT2D eigenvalue weighted by atomic mass is 10.1. The first-order valence-electron chi connectivity index (χ1n) is 6.48. The van der Waals surface area contributed by atoms with Gasteiger partial charge in [-0.15, -0.1) is 0 Å². The van der Waals surface area contributed by atoms with Crippen molar-refractivity contribution in [1.29, 1.82) is 0 Å². The van der Waals surface area contributed by atoms with Crippen molar-refractivity contribution in [2.45, 2.75) is 19.4 Å². The van der Waals surface area contributed by atoms with E-state index in [1.807, 2.05) is 0 Å². The summed E-state index contributed by atoms with van der Waals surface area (Å²) in [6.45, 7) is 0.284. The Labute approximate surface area is 122 Å². The Balaban J connectivity index is 2.02. The molecule has 7 nitrogen and oxygen atoms in total.